The van der Waals surface area contributed by atoms with Gasteiger partial charge in [-0.2, -0.15) is 0 Å². The van der Waals surface area contributed by atoms with Crippen LogP contribution in [0.25, 0.3) is 0 Å². The molecule has 1 aliphatic heterocycles. The molecule has 0 unspecified atom stereocenters. The molecule has 0 N–H and O–H groups in total. The van der Waals surface area contributed by atoms with Crippen molar-refractivity contribution in [2.24, 2.45) is 0 Å². The van der Waals surface area contributed by atoms with Gasteiger partial charge in [-0.1, -0.05) is 22.0 Å². The van der Waals surface area contributed by atoms with Crippen LogP contribution in [-0.2, 0) is 6.54 Å². The highest BCUT2D eigenvalue weighted by Crippen LogP contribution is 2.20. The molecule has 82 valence electrons. The lowest BCUT2D eigenvalue weighted by Gasteiger charge is -2.16. The van der Waals surface area contributed by atoms with Gasteiger partial charge in [0.25, 0.3) is 0 Å². The molecule has 0 amide bonds. The Kier molecular flexibility index (Phi) is 3.42. The summed E-state index contributed by atoms with van der Waals surface area (Å²) in [5, 5.41) is 0. The number of hydrogen-bond acceptors (Lipinski definition) is 1. The van der Waals surface area contributed by atoms with Gasteiger partial charge in [0.1, 0.15) is 6.17 Å². The number of halogens is 2. The molecule has 0 spiro atoms. The van der Waals surface area contributed by atoms with E-state index in [1.165, 1.54) is 11.1 Å². The topological polar surface area (TPSA) is 3.24 Å². The van der Waals surface area contributed by atoms with Crippen molar-refractivity contribution in [3.63, 3.8) is 0 Å². The summed E-state index contributed by atoms with van der Waals surface area (Å²) in [6, 6.07) is 6.27. The molecule has 0 aromatic heterocycles. The predicted molar refractivity (Wildman–Crippen MR) is 63.7 cm³/mol. The van der Waals surface area contributed by atoms with Crippen molar-refractivity contribution >= 4 is 15.9 Å². The summed E-state index contributed by atoms with van der Waals surface area (Å²) in [7, 11) is 0. The number of nitrogens with zero attached hydrogens (tertiary/aromatic N) is 1. The zero-order chi connectivity index (χ0) is 10.8. The van der Waals surface area contributed by atoms with Crippen LogP contribution in [0.4, 0.5) is 4.39 Å². The molecule has 1 nitrogen and oxygen atoms in total. The Labute approximate surface area is 98.4 Å². The predicted octanol–water partition coefficient (Wildman–Crippen LogP) is 3.30. The van der Waals surface area contributed by atoms with Crippen LogP contribution in [0.15, 0.2) is 22.7 Å². The van der Waals surface area contributed by atoms with Crippen LogP contribution in [0.2, 0.25) is 0 Å². The molecule has 1 aromatic carbocycles. The third kappa shape index (κ3) is 2.79. The van der Waals surface area contributed by atoms with E-state index in [0.29, 0.717) is 13.0 Å². The first-order chi connectivity index (χ1) is 7.15. The van der Waals surface area contributed by atoms with Gasteiger partial charge in [-0.15, -0.1) is 0 Å². The molecule has 0 saturated carbocycles. The average molecular weight is 272 g/mol. The second-order valence-electron chi connectivity index (χ2n) is 4.19. The summed E-state index contributed by atoms with van der Waals surface area (Å²) in [4.78, 5) is 2.18. The van der Waals surface area contributed by atoms with Gasteiger partial charge >= 0.3 is 0 Å². The van der Waals surface area contributed by atoms with Gasteiger partial charge in [0, 0.05) is 24.1 Å². The van der Waals surface area contributed by atoms with Gasteiger partial charge in [0.05, 0.1) is 0 Å². The van der Waals surface area contributed by atoms with Crippen LogP contribution in [0.3, 0.4) is 0 Å². The molecule has 1 fully saturated rings. The molecule has 0 radical (unpaired) electrons. The lowest BCUT2D eigenvalue weighted by atomic mass is 10.1. The zero-order valence-electron chi connectivity index (χ0n) is 8.84. The number of hydrogen-bond donors (Lipinski definition) is 0. The minimum absolute atomic E-state index is 0.589. The van der Waals surface area contributed by atoms with Crippen molar-refractivity contribution < 1.29 is 4.39 Å². The first-order valence-corrected chi connectivity index (χ1v) is 6.06. The normalized spacial score (nSPS) is 22.2. The molecule has 0 bridgehead atoms. The monoisotopic (exact) mass is 271 g/mol. The summed E-state index contributed by atoms with van der Waals surface area (Å²) < 4.78 is 14.1. The highest BCUT2D eigenvalue weighted by Gasteiger charge is 2.21. The van der Waals surface area contributed by atoms with Gasteiger partial charge in [-0.3, -0.25) is 4.90 Å². The Bertz CT molecular complexity index is 353. The van der Waals surface area contributed by atoms with E-state index in [2.05, 4.69) is 39.9 Å². The van der Waals surface area contributed by atoms with E-state index in [0.717, 1.165) is 17.6 Å². The van der Waals surface area contributed by atoms with E-state index < -0.39 is 6.17 Å². The van der Waals surface area contributed by atoms with Gasteiger partial charge in [0.15, 0.2) is 0 Å². The van der Waals surface area contributed by atoms with Crippen molar-refractivity contribution in [2.45, 2.75) is 26.1 Å². The lowest BCUT2D eigenvalue weighted by molar-refractivity contribution is 0.282. The third-order valence-electron chi connectivity index (χ3n) is 2.92. The van der Waals surface area contributed by atoms with Crippen LogP contribution in [0.1, 0.15) is 17.5 Å². The van der Waals surface area contributed by atoms with Crippen LogP contribution in [0, 0.1) is 6.92 Å². The smallest absolute Gasteiger partial charge is 0.114 e. The van der Waals surface area contributed by atoms with Crippen molar-refractivity contribution in [1.82, 2.24) is 4.90 Å². The molecular weight excluding hydrogens is 257 g/mol. The molecule has 1 atom stereocenters. The first kappa shape index (κ1) is 11.1. The zero-order valence-corrected chi connectivity index (χ0v) is 10.4. The highest BCUT2D eigenvalue weighted by atomic mass is 79.9. The number of rotatable bonds is 2. The van der Waals surface area contributed by atoms with Crippen LogP contribution >= 0.6 is 15.9 Å². The molecule has 1 aromatic rings. The number of benzene rings is 1. The quantitative estimate of drug-likeness (QED) is 0.798. The second kappa shape index (κ2) is 4.62. The summed E-state index contributed by atoms with van der Waals surface area (Å²) in [6.45, 7) is 4.44. The Balaban J connectivity index is 2.07. The maximum Gasteiger partial charge on any atom is 0.114 e. The summed E-state index contributed by atoms with van der Waals surface area (Å²) in [5.41, 5.74) is 2.57. The SMILES string of the molecule is Cc1ccc(Br)cc1CN1CC[C@H](F)C1. The summed E-state index contributed by atoms with van der Waals surface area (Å²) in [5.74, 6) is 0. The molecule has 1 saturated heterocycles. The Hall–Kier alpha value is -0.410. The Morgan fingerprint density at radius 2 is 2.33 bits per heavy atom. The highest BCUT2D eigenvalue weighted by molar-refractivity contribution is 9.10. The average Bonchev–Trinajstić information content (AvgIpc) is 2.58. The maximum atomic E-state index is 13.0. The van der Waals surface area contributed by atoms with E-state index in [1.54, 1.807) is 0 Å². The van der Waals surface area contributed by atoms with Crippen molar-refractivity contribution in [3.8, 4) is 0 Å². The van der Waals surface area contributed by atoms with Gasteiger partial charge in [-0.05, 0) is 36.6 Å². The minimum Gasteiger partial charge on any atom is -0.296 e. The van der Waals surface area contributed by atoms with Crippen LogP contribution < -0.4 is 0 Å². The number of aryl methyl sites for hydroxylation is 1. The van der Waals surface area contributed by atoms with E-state index >= 15 is 0 Å². The fraction of sp³-hybridized carbons (Fsp3) is 0.500. The summed E-state index contributed by atoms with van der Waals surface area (Å²) >= 11 is 3.46. The Morgan fingerprint density at radius 1 is 1.53 bits per heavy atom. The van der Waals surface area contributed by atoms with E-state index in [1.807, 2.05) is 6.07 Å². The molecule has 1 aliphatic rings. The van der Waals surface area contributed by atoms with E-state index in [9.17, 15) is 4.39 Å². The van der Waals surface area contributed by atoms with E-state index in [4.69, 9.17) is 0 Å². The molecule has 15 heavy (non-hydrogen) atoms. The molecule has 0 aliphatic carbocycles. The minimum atomic E-state index is -0.627. The molecule has 2 rings (SSSR count). The fourth-order valence-electron chi connectivity index (χ4n) is 1.98. The third-order valence-corrected chi connectivity index (χ3v) is 3.41. The van der Waals surface area contributed by atoms with Crippen molar-refractivity contribution in [2.75, 3.05) is 13.1 Å². The second-order valence-corrected chi connectivity index (χ2v) is 5.11. The van der Waals surface area contributed by atoms with Crippen LogP contribution in [-0.4, -0.2) is 24.2 Å². The van der Waals surface area contributed by atoms with Gasteiger partial charge < -0.3 is 0 Å². The van der Waals surface area contributed by atoms with Crippen LogP contribution in [0.5, 0.6) is 0 Å². The van der Waals surface area contributed by atoms with E-state index in [-0.39, 0.29) is 0 Å². The number of alkyl halides is 1. The van der Waals surface area contributed by atoms with Gasteiger partial charge in [0.2, 0.25) is 0 Å². The standard InChI is InChI=1S/C12H15BrFN/c1-9-2-3-11(13)6-10(9)7-15-5-4-12(14)8-15/h2-3,6,12H,4-5,7-8H2,1H3/t12-/m0/s1. The molecule has 1 heterocycles. The fourth-order valence-corrected chi connectivity index (χ4v) is 2.39. The lowest BCUT2D eigenvalue weighted by Crippen LogP contribution is -2.20. The Morgan fingerprint density at radius 3 is 3.00 bits per heavy atom. The van der Waals surface area contributed by atoms with Crippen molar-refractivity contribution in [1.29, 1.82) is 0 Å². The van der Waals surface area contributed by atoms with Gasteiger partial charge in [-0.25, -0.2) is 4.39 Å². The molecular formula is C12H15BrFN. The largest absolute Gasteiger partial charge is 0.296 e. The van der Waals surface area contributed by atoms with Crippen molar-refractivity contribution in [3.05, 3.63) is 33.8 Å². The first-order valence-electron chi connectivity index (χ1n) is 5.26. The maximum absolute atomic E-state index is 13.0. The summed E-state index contributed by atoms with van der Waals surface area (Å²) in [6.07, 6.45) is 0.0602. The molecule has 3 heteroatoms. The number of likely N-dealkylation sites (tertiary alicyclic amines) is 1.